The van der Waals surface area contributed by atoms with E-state index in [9.17, 15) is 4.79 Å². The third-order valence-corrected chi connectivity index (χ3v) is 6.87. The summed E-state index contributed by atoms with van der Waals surface area (Å²) in [5.74, 6) is 1.57. The van der Waals surface area contributed by atoms with Crippen LogP contribution in [-0.4, -0.2) is 39.1 Å². The number of thiophene rings is 1. The Kier molecular flexibility index (Phi) is 5.45. The number of thioether (sulfide) groups is 1. The van der Waals surface area contributed by atoms with Crippen molar-refractivity contribution >= 4 is 39.2 Å². The molecule has 4 nitrogen and oxygen atoms in total. The van der Waals surface area contributed by atoms with E-state index in [1.165, 1.54) is 16.9 Å². The molecule has 0 N–H and O–H groups in total. The number of carbonyl (C=O) groups excluding carboxylic acids is 1. The molecule has 0 spiro atoms. The number of aryl methyl sites for hydroxylation is 3. The summed E-state index contributed by atoms with van der Waals surface area (Å²) >= 11 is 3.30. The van der Waals surface area contributed by atoms with Crippen LogP contribution in [0, 0.1) is 13.8 Å². The second kappa shape index (κ2) is 7.40. The molecule has 1 amide bonds. The Labute approximate surface area is 152 Å². The van der Waals surface area contributed by atoms with E-state index >= 15 is 0 Å². The van der Waals surface area contributed by atoms with E-state index in [1.807, 2.05) is 4.90 Å². The first-order valence-corrected chi connectivity index (χ1v) is 10.5. The van der Waals surface area contributed by atoms with Gasteiger partial charge in [-0.25, -0.2) is 9.97 Å². The van der Waals surface area contributed by atoms with Crippen LogP contribution in [0.25, 0.3) is 10.2 Å². The lowest BCUT2D eigenvalue weighted by molar-refractivity contribution is -0.131. The Hall–Kier alpha value is -1.14. The molecule has 6 heteroatoms. The fraction of sp³-hybridized carbons (Fsp3) is 0.611. The predicted molar refractivity (Wildman–Crippen MR) is 102 cm³/mol. The van der Waals surface area contributed by atoms with Crippen molar-refractivity contribution in [2.75, 3.05) is 12.3 Å². The number of rotatable bonds is 4. The Balaban J connectivity index is 1.82. The Morgan fingerprint density at radius 2 is 2.12 bits per heavy atom. The van der Waals surface area contributed by atoms with Crippen molar-refractivity contribution in [1.29, 1.82) is 0 Å². The van der Waals surface area contributed by atoms with Crippen LogP contribution in [0.2, 0.25) is 0 Å². The number of likely N-dealkylation sites (tertiary alicyclic amines) is 1. The number of piperidine rings is 1. The summed E-state index contributed by atoms with van der Waals surface area (Å²) in [7, 11) is 0. The highest BCUT2D eigenvalue weighted by Gasteiger charge is 2.24. The molecule has 1 saturated heterocycles. The van der Waals surface area contributed by atoms with Crippen LogP contribution in [0.1, 0.15) is 49.4 Å². The van der Waals surface area contributed by atoms with Crippen LogP contribution in [0.3, 0.4) is 0 Å². The van der Waals surface area contributed by atoms with Crippen LogP contribution in [0.15, 0.2) is 5.03 Å². The third kappa shape index (κ3) is 3.45. The molecule has 3 rings (SSSR count). The van der Waals surface area contributed by atoms with Gasteiger partial charge in [0.05, 0.1) is 5.75 Å². The van der Waals surface area contributed by atoms with Crippen LogP contribution in [0.4, 0.5) is 0 Å². The molecule has 0 bridgehead atoms. The number of fused-ring (bicyclic) bond motifs is 1. The zero-order chi connectivity index (χ0) is 17.3. The van der Waals surface area contributed by atoms with E-state index in [0.717, 1.165) is 46.9 Å². The minimum absolute atomic E-state index is 0.238. The topological polar surface area (TPSA) is 46.1 Å². The van der Waals surface area contributed by atoms with E-state index in [0.29, 0.717) is 11.8 Å². The average Bonchev–Trinajstić information content (AvgIpc) is 2.87. The minimum atomic E-state index is 0.238. The molecule has 1 atom stereocenters. The summed E-state index contributed by atoms with van der Waals surface area (Å²) in [5.41, 5.74) is 1.25. The lowest BCUT2D eigenvalue weighted by Gasteiger charge is -2.33. The molecule has 0 saturated carbocycles. The first-order valence-electron chi connectivity index (χ1n) is 8.70. The maximum absolute atomic E-state index is 12.6. The van der Waals surface area contributed by atoms with Crippen molar-refractivity contribution in [2.24, 2.45) is 0 Å². The van der Waals surface area contributed by atoms with Crippen molar-refractivity contribution in [3.05, 3.63) is 16.3 Å². The molecular formula is C18H25N3OS2. The average molecular weight is 364 g/mol. The molecule has 2 aromatic heterocycles. The number of nitrogens with zero attached hydrogens (tertiary/aromatic N) is 3. The van der Waals surface area contributed by atoms with Crippen LogP contribution < -0.4 is 0 Å². The molecule has 1 aliphatic heterocycles. The maximum Gasteiger partial charge on any atom is 0.233 e. The second-order valence-electron chi connectivity index (χ2n) is 6.48. The summed E-state index contributed by atoms with van der Waals surface area (Å²) in [6, 6.07) is 0.369. The van der Waals surface area contributed by atoms with E-state index in [4.69, 9.17) is 4.98 Å². The van der Waals surface area contributed by atoms with Gasteiger partial charge in [0.1, 0.15) is 15.7 Å². The summed E-state index contributed by atoms with van der Waals surface area (Å²) in [4.78, 5) is 26.4. The number of aromatic nitrogens is 2. The van der Waals surface area contributed by atoms with Gasteiger partial charge in [0.15, 0.2) is 0 Å². The van der Waals surface area contributed by atoms with Crippen molar-refractivity contribution in [3.63, 3.8) is 0 Å². The van der Waals surface area contributed by atoms with Gasteiger partial charge in [0.25, 0.3) is 0 Å². The third-order valence-electron chi connectivity index (χ3n) is 4.81. The van der Waals surface area contributed by atoms with Crippen molar-refractivity contribution in [3.8, 4) is 0 Å². The summed E-state index contributed by atoms with van der Waals surface area (Å²) in [6.45, 7) is 9.39. The zero-order valence-electron chi connectivity index (χ0n) is 14.9. The lowest BCUT2D eigenvalue weighted by Crippen LogP contribution is -2.42. The first kappa shape index (κ1) is 17.7. The zero-order valence-corrected chi connectivity index (χ0v) is 16.5. The van der Waals surface area contributed by atoms with E-state index < -0.39 is 0 Å². The van der Waals surface area contributed by atoms with Crippen molar-refractivity contribution in [2.45, 2.75) is 64.4 Å². The lowest BCUT2D eigenvalue weighted by atomic mass is 10.0. The first-order chi connectivity index (χ1) is 11.5. The standard InChI is InChI=1S/C18H25N3OS2/c1-5-14-19-17(16-12(3)13(4)24-18(16)20-14)23-10-15(22)21-9-7-6-8-11(21)2/h11H,5-10H2,1-4H3. The monoisotopic (exact) mass is 363 g/mol. The highest BCUT2D eigenvalue weighted by atomic mass is 32.2. The number of hydrogen-bond donors (Lipinski definition) is 0. The van der Waals surface area contributed by atoms with Crippen LogP contribution in [0.5, 0.6) is 0 Å². The highest BCUT2D eigenvalue weighted by Crippen LogP contribution is 2.35. The highest BCUT2D eigenvalue weighted by molar-refractivity contribution is 8.00. The van der Waals surface area contributed by atoms with Gasteiger partial charge in [-0.15, -0.1) is 11.3 Å². The molecule has 1 unspecified atom stereocenters. The van der Waals surface area contributed by atoms with E-state index in [-0.39, 0.29) is 5.91 Å². The van der Waals surface area contributed by atoms with Gasteiger partial charge in [-0.1, -0.05) is 18.7 Å². The molecule has 0 aromatic carbocycles. The SMILES string of the molecule is CCc1nc(SCC(=O)N2CCCCC2C)c2c(C)c(C)sc2n1. The maximum atomic E-state index is 12.6. The summed E-state index contributed by atoms with van der Waals surface area (Å²) in [6.07, 6.45) is 4.30. The molecule has 1 fully saturated rings. The Morgan fingerprint density at radius 1 is 1.33 bits per heavy atom. The largest absolute Gasteiger partial charge is 0.339 e. The summed E-state index contributed by atoms with van der Waals surface area (Å²) < 4.78 is 0. The van der Waals surface area contributed by atoms with E-state index in [1.54, 1.807) is 23.1 Å². The molecule has 0 aliphatic carbocycles. The van der Waals surface area contributed by atoms with Crippen molar-refractivity contribution in [1.82, 2.24) is 14.9 Å². The van der Waals surface area contributed by atoms with Gasteiger partial charge < -0.3 is 4.90 Å². The number of carbonyl (C=O) groups is 1. The van der Waals surface area contributed by atoms with Gasteiger partial charge in [0, 0.05) is 29.3 Å². The second-order valence-corrected chi connectivity index (χ2v) is 8.65. The Morgan fingerprint density at radius 3 is 2.83 bits per heavy atom. The quantitative estimate of drug-likeness (QED) is 0.598. The minimum Gasteiger partial charge on any atom is -0.339 e. The normalized spacial score (nSPS) is 18.3. The summed E-state index contributed by atoms with van der Waals surface area (Å²) in [5, 5.41) is 2.11. The molecule has 130 valence electrons. The molecular weight excluding hydrogens is 338 g/mol. The number of amides is 1. The van der Waals surface area contributed by atoms with Crippen molar-refractivity contribution < 1.29 is 4.79 Å². The van der Waals surface area contributed by atoms with Gasteiger partial charge in [-0.2, -0.15) is 0 Å². The smallest absolute Gasteiger partial charge is 0.233 e. The Bertz CT molecular complexity index is 756. The van der Waals surface area contributed by atoms with E-state index in [2.05, 4.69) is 32.7 Å². The predicted octanol–water partition coefficient (Wildman–Crippen LogP) is 4.36. The van der Waals surface area contributed by atoms with Gasteiger partial charge in [-0.05, 0) is 45.6 Å². The van der Waals surface area contributed by atoms with Crippen LogP contribution in [-0.2, 0) is 11.2 Å². The van der Waals surface area contributed by atoms with Gasteiger partial charge in [-0.3, -0.25) is 4.79 Å². The van der Waals surface area contributed by atoms with Gasteiger partial charge >= 0.3 is 0 Å². The van der Waals surface area contributed by atoms with Crippen LogP contribution >= 0.6 is 23.1 Å². The molecule has 1 aliphatic rings. The molecule has 3 heterocycles. The molecule has 0 radical (unpaired) electrons. The fourth-order valence-corrected chi connectivity index (χ4v) is 5.30. The molecule has 2 aromatic rings. The molecule has 24 heavy (non-hydrogen) atoms. The number of hydrogen-bond acceptors (Lipinski definition) is 5. The van der Waals surface area contributed by atoms with Gasteiger partial charge in [0.2, 0.25) is 5.91 Å². The fourth-order valence-electron chi connectivity index (χ4n) is 3.20.